The van der Waals surface area contributed by atoms with Gasteiger partial charge in [-0.15, -0.1) is 10.2 Å². The Hall–Kier alpha value is -3.39. The van der Waals surface area contributed by atoms with Gasteiger partial charge in [-0.1, -0.05) is 42.1 Å². The van der Waals surface area contributed by atoms with E-state index in [1.807, 2.05) is 54.8 Å². The number of halogens is 1. The van der Waals surface area contributed by atoms with Crippen molar-refractivity contribution in [1.29, 1.82) is 0 Å². The number of benzene rings is 2. The fourth-order valence-electron chi connectivity index (χ4n) is 3.45. The number of rotatable bonds is 7. The zero-order valence-electron chi connectivity index (χ0n) is 18.0. The summed E-state index contributed by atoms with van der Waals surface area (Å²) in [4.78, 5) is 14.6. The Morgan fingerprint density at radius 2 is 1.94 bits per heavy atom. The summed E-state index contributed by atoms with van der Waals surface area (Å²) in [6.45, 7) is 4.04. The van der Waals surface area contributed by atoms with Gasteiger partial charge in [-0.05, 0) is 49.7 Å². The summed E-state index contributed by atoms with van der Waals surface area (Å²) in [7, 11) is 1.71. The number of nitrogens with zero attached hydrogens (tertiary/aromatic N) is 4. The number of aryl methyl sites for hydroxylation is 1. The van der Waals surface area contributed by atoms with Gasteiger partial charge in [-0.2, -0.15) is 0 Å². The zero-order valence-corrected chi connectivity index (χ0v) is 18.8. The number of aromatic nitrogens is 3. The van der Waals surface area contributed by atoms with Crippen molar-refractivity contribution in [1.82, 2.24) is 19.7 Å². The van der Waals surface area contributed by atoms with Crippen molar-refractivity contribution in [2.75, 3.05) is 7.05 Å². The molecule has 0 aliphatic carbocycles. The molecule has 0 saturated heterocycles. The molecule has 0 bridgehead atoms. The van der Waals surface area contributed by atoms with Gasteiger partial charge in [-0.3, -0.25) is 9.36 Å². The van der Waals surface area contributed by atoms with Gasteiger partial charge in [0.25, 0.3) is 0 Å². The zero-order chi connectivity index (χ0) is 22.7. The Morgan fingerprint density at radius 3 is 2.62 bits per heavy atom. The van der Waals surface area contributed by atoms with Gasteiger partial charge in [0, 0.05) is 19.3 Å². The van der Waals surface area contributed by atoms with Crippen LogP contribution in [0.5, 0.6) is 0 Å². The highest BCUT2D eigenvalue weighted by Crippen LogP contribution is 2.32. The lowest BCUT2D eigenvalue weighted by molar-refractivity contribution is -0.129. The Kier molecular flexibility index (Phi) is 6.41. The monoisotopic (exact) mass is 450 g/mol. The van der Waals surface area contributed by atoms with E-state index in [0.29, 0.717) is 17.5 Å². The molecule has 0 spiro atoms. The number of thioether (sulfide) groups is 1. The van der Waals surface area contributed by atoms with Crippen LogP contribution in [0.4, 0.5) is 4.39 Å². The van der Waals surface area contributed by atoms with E-state index in [0.717, 1.165) is 22.6 Å². The van der Waals surface area contributed by atoms with Crippen molar-refractivity contribution in [2.45, 2.75) is 30.8 Å². The van der Waals surface area contributed by atoms with Crippen molar-refractivity contribution in [3.63, 3.8) is 0 Å². The Morgan fingerprint density at radius 1 is 1.16 bits per heavy atom. The van der Waals surface area contributed by atoms with E-state index in [1.165, 1.54) is 23.9 Å². The van der Waals surface area contributed by atoms with Crippen molar-refractivity contribution in [3.8, 4) is 17.1 Å². The number of para-hydroxylation sites is 1. The van der Waals surface area contributed by atoms with Gasteiger partial charge >= 0.3 is 0 Å². The third kappa shape index (κ3) is 4.60. The molecule has 0 saturated carbocycles. The molecule has 0 fully saturated rings. The van der Waals surface area contributed by atoms with E-state index in [2.05, 4.69) is 10.2 Å². The van der Waals surface area contributed by atoms with Crippen LogP contribution >= 0.6 is 11.8 Å². The molecule has 164 valence electrons. The van der Waals surface area contributed by atoms with Crippen molar-refractivity contribution in [3.05, 3.63) is 84.1 Å². The molecular weight excluding hydrogens is 427 g/mol. The second-order valence-electron chi connectivity index (χ2n) is 7.45. The average molecular weight is 451 g/mol. The van der Waals surface area contributed by atoms with E-state index in [1.54, 1.807) is 30.3 Å². The molecule has 4 rings (SSSR count). The molecule has 4 aromatic rings. The molecule has 6 nitrogen and oxygen atoms in total. The predicted molar refractivity (Wildman–Crippen MR) is 122 cm³/mol. The molecule has 1 unspecified atom stereocenters. The summed E-state index contributed by atoms with van der Waals surface area (Å²) in [5, 5.41) is 8.96. The number of hydrogen-bond acceptors (Lipinski definition) is 5. The average Bonchev–Trinajstić information content (AvgIpc) is 3.39. The highest BCUT2D eigenvalue weighted by molar-refractivity contribution is 8.00. The fourth-order valence-corrected chi connectivity index (χ4v) is 4.44. The molecule has 0 aliphatic rings. The van der Waals surface area contributed by atoms with E-state index in [9.17, 15) is 9.18 Å². The molecule has 2 aromatic heterocycles. The van der Waals surface area contributed by atoms with Crippen molar-refractivity contribution >= 4 is 17.7 Å². The summed E-state index contributed by atoms with van der Waals surface area (Å²) in [6.07, 6.45) is 1.62. The minimum atomic E-state index is -0.418. The maximum Gasteiger partial charge on any atom is 0.235 e. The van der Waals surface area contributed by atoms with Gasteiger partial charge in [0.1, 0.15) is 11.6 Å². The number of carbonyl (C=O) groups is 1. The number of furan rings is 1. The molecule has 32 heavy (non-hydrogen) atoms. The summed E-state index contributed by atoms with van der Waals surface area (Å²) in [5.74, 6) is 0.995. The normalized spacial score (nSPS) is 12.0. The first kappa shape index (κ1) is 21.8. The minimum Gasteiger partial charge on any atom is -0.469 e. The molecule has 1 amide bonds. The van der Waals surface area contributed by atoms with Crippen LogP contribution in [0.25, 0.3) is 17.1 Å². The highest BCUT2D eigenvalue weighted by atomic mass is 32.2. The van der Waals surface area contributed by atoms with E-state index in [-0.39, 0.29) is 11.7 Å². The van der Waals surface area contributed by atoms with Crippen LogP contribution in [0.3, 0.4) is 0 Å². The summed E-state index contributed by atoms with van der Waals surface area (Å²) in [6, 6.07) is 17.9. The fraction of sp³-hybridized carbons (Fsp3) is 0.208. The van der Waals surface area contributed by atoms with Crippen LogP contribution < -0.4 is 0 Å². The second-order valence-corrected chi connectivity index (χ2v) is 8.76. The molecular formula is C24H23FN4O2S. The van der Waals surface area contributed by atoms with E-state index < -0.39 is 5.25 Å². The predicted octanol–water partition coefficient (Wildman–Crippen LogP) is 5.11. The lowest BCUT2D eigenvalue weighted by Gasteiger charge is -2.21. The van der Waals surface area contributed by atoms with E-state index >= 15 is 0 Å². The minimum absolute atomic E-state index is 0.0806. The maximum atomic E-state index is 13.5. The van der Waals surface area contributed by atoms with Crippen LogP contribution in [0, 0.1) is 12.7 Å². The number of carbonyl (C=O) groups excluding carboxylic acids is 1. The SMILES string of the molecule is Cc1occc1-c1nnc(SC(C)C(=O)N(C)Cc2cccc(F)c2)n1-c1ccccc1. The van der Waals surface area contributed by atoms with Crippen LogP contribution in [0.15, 0.2) is 76.5 Å². The number of hydrogen-bond donors (Lipinski definition) is 0. The smallest absolute Gasteiger partial charge is 0.235 e. The van der Waals surface area contributed by atoms with Crippen molar-refractivity contribution < 1.29 is 13.6 Å². The largest absolute Gasteiger partial charge is 0.469 e. The lowest BCUT2D eigenvalue weighted by Crippen LogP contribution is -2.33. The maximum absolute atomic E-state index is 13.5. The molecule has 2 heterocycles. The van der Waals surface area contributed by atoms with Crippen molar-refractivity contribution in [2.24, 2.45) is 0 Å². The van der Waals surface area contributed by atoms with E-state index in [4.69, 9.17) is 4.42 Å². The first-order valence-electron chi connectivity index (χ1n) is 10.2. The van der Waals surface area contributed by atoms with Crippen LogP contribution in [0.1, 0.15) is 18.2 Å². The first-order chi connectivity index (χ1) is 15.4. The molecule has 0 radical (unpaired) electrons. The Labute approximate surface area is 190 Å². The van der Waals surface area contributed by atoms with Gasteiger partial charge in [-0.25, -0.2) is 4.39 Å². The molecule has 2 aromatic carbocycles. The standard InChI is InChI=1S/C24H23FN4O2S/c1-16-21(12-13-31-16)22-26-27-24(29(22)20-10-5-4-6-11-20)32-17(2)23(30)28(3)15-18-8-7-9-19(25)14-18/h4-14,17H,15H2,1-3H3. The van der Waals surface area contributed by atoms with Gasteiger partial charge in [0.15, 0.2) is 11.0 Å². The van der Waals surface area contributed by atoms with Crippen LogP contribution in [-0.4, -0.2) is 37.9 Å². The summed E-state index contributed by atoms with van der Waals surface area (Å²) < 4.78 is 20.9. The Balaban J connectivity index is 1.59. The quantitative estimate of drug-likeness (QED) is 0.366. The highest BCUT2D eigenvalue weighted by Gasteiger charge is 2.25. The van der Waals surface area contributed by atoms with Gasteiger partial charge in [0.05, 0.1) is 17.1 Å². The Bertz CT molecular complexity index is 1220. The summed E-state index contributed by atoms with van der Waals surface area (Å²) in [5.41, 5.74) is 2.47. The first-order valence-corrected chi connectivity index (χ1v) is 11.0. The molecule has 0 N–H and O–H groups in total. The number of amides is 1. The van der Waals surface area contributed by atoms with Crippen LogP contribution in [0.2, 0.25) is 0 Å². The molecule has 8 heteroatoms. The summed E-state index contributed by atoms with van der Waals surface area (Å²) >= 11 is 1.33. The van der Waals surface area contributed by atoms with Gasteiger partial charge < -0.3 is 9.32 Å². The topological polar surface area (TPSA) is 64.2 Å². The van der Waals surface area contributed by atoms with Crippen LogP contribution in [-0.2, 0) is 11.3 Å². The lowest BCUT2D eigenvalue weighted by atomic mass is 10.2. The second kappa shape index (κ2) is 9.40. The molecule has 0 aliphatic heterocycles. The molecule has 1 atom stereocenters. The third-order valence-electron chi connectivity index (χ3n) is 5.06. The van der Waals surface area contributed by atoms with Gasteiger partial charge in [0.2, 0.25) is 5.91 Å². The third-order valence-corrected chi connectivity index (χ3v) is 6.09.